The van der Waals surface area contributed by atoms with E-state index in [4.69, 9.17) is 16.3 Å². The fraction of sp³-hybridized carbons (Fsp3) is 0.538. The first-order valence-electron chi connectivity index (χ1n) is 6.33. The van der Waals surface area contributed by atoms with Gasteiger partial charge in [-0.3, -0.25) is 0 Å². The molecule has 1 saturated heterocycles. The van der Waals surface area contributed by atoms with Crippen LogP contribution in [0.15, 0.2) is 18.2 Å². The molecule has 18 heavy (non-hydrogen) atoms. The number of hydrogen-bond acceptors (Lipinski definition) is 4. The summed E-state index contributed by atoms with van der Waals surface area (Å²) in [6.45, 7) is 2.85. The number of piperazine rings is 1. The molecule has 2 N–H and O–H groups in total. The summed E-state index contributed by atoms with van der Waals surface area (Å²) in [5.74, 6) is 0.711. The first-order chi connectivity index (χ1) is 8.79. The van der Waals surface area contributed by atoms with Gasteiger partial charge in [-0.1, -0.05) is 17.7 Å². The molecule has 0 aliphatic carbocycles. The maximum Gasteiger partial charge on any atom is 0.161 e. The number of benzene rings is 1. The lowest BCUT2D eigenvalue weighted by Crippen LogP contribution is -2.52. The van der Waals surface area contributed by atoms with Crippen LogP contribution in [0.2, 0.25) is 5.02 Å². The zero-order valence-corrected chi connectivity index (χ0v) is 10.9. The maximum atomic E-state index is 9.42. The standard InChI is InChI=1S/C13H17ClN2O2/c14-11-2-1-3-12-13(11)18-10(8-17)6-9-7-15-4-5-16(9)12/h1-3,9-10,15,17H,4-8H2/t9-,10+/m1/s1. The molecule has 0 unspecified atom stereocenters. The first-order valence-corrected chi connectivity index (χ1v) is 6.71. The first kappa shape index (κ1) is 12.1. The van der Waals surface area contributed by atoms with Crippen LogP contribution < -0.4 is 15.0 Å². The van der Waals surface area contributed by atoms with Crippen molar-refractivity contribution in [1.82, 2.24) is 5.32 Å². The average molecular weight is 269 g/mol. The highest BCUT2D eigenvalue weighted by atomic mass is 35.5. The number of fused-ring (bicyclic) bond motifs is 3. The van der Waals surface area contributed by atoms with E-state index in [1.807, 2.05) is 18.2 Å². The molecular weight excluding hydrogens is 252 g/mol. The summed E-state index contributed by atoms with van der Waals surface area (Å²) in [7, 11) is 0. The van der Waals surface area contributed by atoms with E-state index in [2.05, 4.69) is 10.2 Å². The van der Waals surface area contributed by atoms with Crippen molar-refractivity contribution >= 4 is 17.3 Å². The van der Waals surface area contributed by atoms with Crippen molar-refractivity contribution in [2.24, 2.45) is 0 Å². The minimum absolute atomic E-state index is 0.0228. The molecule has 1 aromatic rings. The SMILES string of the molecule is OC[C@@H]1C[C@@H]2CNCCN2c2cccc(Cl)c2O1. The van der Waals surface area contributed by atoms with Gasteiger partial charge in [0.15, 0.2) is 5.75 Å². The van der Waals surface area contributed by atoms with E-state index in [0.717, 1.165) is 31.7 Å². The number of anilines is 1. The molecule has 0 spiro atoms. The molecule has 4 nitrogen and oxygen atoms in total. The van der Waals surface area contributed by atoms with Crippen LogP contribution in [0.4, 0.5) is 5.69 Å². The van der Waals surface area contributed by atoms with Gasteiger partial charge in [0.05, 0.1) is 17.3 Å². The molecule has 3 rings (SSSR count). The maximum absolute atomic E-state index is 9.42. The number of aliphatic hydroxyl groups excluding tert-OH is 1. The van der Waals surface area contributed by atoms with Crippen LogP contribution in [0.1, 0.15) is 6.42 Å². The third-order valence-corrected chi connectivity index (χ3v) is 3.93. The Hall–Kier alpha value is -0.970. The number of halogens is 1. The second-order valence-electron chi connectivity index (χ2n) is 4.80. The molecule has 5 heteroatoms. The van der Waals surface area contributed by atoms with Crippen molar-refractivity contribution in [2.45, 2.75) is 18.6 Å². The minimum atomic E-state index is -0.182. The largest absolute Gasteiger partial charge is 0.484 e. The number of nitrogens with zero attached hydrogens (tertiary/aromatic N) is 1. The molecular formula is C13H17ClN2O2. The van der Waals surface area contributed by atoms with E-state index in [1.54, 1.807) is 0 Å². The highest BCUT2D eigenvalue weighted by molar-refractivity contribution is 6.32. The Kier molecular flexibility index (Phi) is 3.33. The lowest BCUT2D eigenvalue weighted by molar-refractivity contribution is 0.107. The molecule has 98 valence electrons. The zero-order chi connectivity index (χ0) is 12.5. The van der Waals surface area contributed by atoms with E-state index in [1.165, 1.54) is 0 Å². The molecule has 2 aliphatic heterocycles. The molecule has 0 aromatic heterocycles. The Morgan fingerprint density at radius 3 is 3.22 bits per heavy atom. The van der Waals surface area contributed by atoms with Crippen LogP contribution in [0, 0.1) is 0 Å². The van der Waals surface area contributed by atoms with Gasteiger partial charge in [0.1, 0.15) is 6.10 Å². The van der Waals surface area contributed by atoms with Crippen molar-refractivity contribution in [3.8, 4) is 5.75 Å². The molecule has 2 heterocycles. The Bertz CT molecular complexity index is 441. The van der Waals surface area contributed by atoms with Gasteiger partial charge in [0.2, 0.25) is 0 Å². The van der Waals surface area contributed by atoms with Gasteiger partial charge in [-0.15, -0.1) is 0 Å². The second-order valence-corrected chi connectivity index (χ2v) is 5.20. The molecule has 1 aromatic carbocycles. The van der Waals surface area contributed by atoms with Gasteiger partial charge in [-0.2, -0.15) is 0 Å². The topological polar surface area (TPSA) is 44.7 Å². The summed E-state index contributed by atoms with van der Waals surface area (Å²) in [6, 6.07) is 6.18. The summed E-state index contributed by atoms with van der Waals surface area (Å²) in [5.41, 5.74) is 1.05. The van der Waals surface area contributed by atoms with Crippen LogP contribution in [0.5, 0.6) is 5.75 Å². The van der Waals surface area contributed by atoms with Crippen LogP contribution in [-0.2, 0) is 0 Å². The average Bonchev–Trinajstić information content (AvgIpc) is 2.56. The predicted molar refractivity (Wildman–Crippen MR) is 71.6 cm³/mol. The summed E-state index contributed by atoms with van der Waals surface area (Å²) in [4.78, 5) is 2.34. The van der Waals surface area contributed by atoms with Crippen LogP contribution in [0.25, 0.3) is 0 Å². The predicted octanol–water partition coefficient (Wildman–Crippen LogP) is 1.26. The van der Waals surface area contributed by atoms with Gasteiger partial charge < -0.3 is 20.1 Å². The number of aliphatic hydroxyl groups is 1. The second kappa shape index (κ2) is 4.96. The molecule has 0 radical (unpaired) electrons. The number of nitrogens with one attached hydrogen (secondary N) is 1. The third-order valence-electron chi connectivity index (χ3n) is 3.63. The van der Waals surface area contributed by atoms with Crippen LogP contribution >= 0.6 is 11.6 Å². The lowest BCUT2D eigenvalue weighted by atomic mass is 10.1. The lowest BCUT2D eigenvalue weighted by Gasteiger charge is -2.37. The van der Waals surface area contributed by atoms with Crippen molar-refractivity contribution in [3.05, 3.63) is 23.2 Å². The highest BCUT2D eigenvalue weighted by Gasteiger charge is 2.32. The Balaban J connectivity index is 2.03. The van der Waals surface area contributed by atoms with Crippen molar-refractivity contribution in [1.29, 1.82) is 0 Å². The van der Waals surface area contributed by atoms with E-state index >= 15 is 0 Å². The highest BCUT2D eigenvalue weighted by Crippen LogP contribution is 2.40. The monoisotopic (exact) mass is 268 g/mol. The van der Waals surface area contributed by atoms with Gasteiger partial charge >= 0.3 is 0 Å². The summed E-state index contributed by atoms with van der Waals surface area (Å²) in [6.07, 6.45) is 0.632. The van der Waals surface area contributed by atoms with Crippen LogP contribution in [-0.4, -0.2) is 43.5 Å². The fourth-order valence-electron chi connectivity index (χ4n) is 2.76. The minimum Gasteiger partial charge on any atom is -0.484 e. The normalized spacial score (nSPS) is 26.9. The third kappa shape index (κ3) is 2.05. The number of rotatable bonds is 1. The number of ether oxygens (including phenoxy) is 1. The molecule has 0 saturated carbocycles. The summed E-state index contributed by atoms with van der Waals surface area (Å²) in [5, 5.41) is 13.4. The fourth-order valence-corrected chi connectivity index (χ4v) is 2.97. The van der Waals surface area contributed by atoms with E-state index in [9.17, 15) is 5.11 Å². The van der Waals surface area contributed by atoms with E-state index < -0.39 is 0 Å². The Morgan fingerprint density at radius 1 is 1.50 bits per heavy atom. The van der Waals surface area contributed by atoms with Gasteiger partial charge in [-0.25, -0.2) is 0 Å². The van der Waals surface area contributed by atoms with Crippen molar-refractivity contribution in [2.75, 3.05) is 31.1 Å². The molecule has 2 atom stereocenters. The van der Waals surface area contributed by atoms with E-state index in [-0.39, 0.29) is 12.7 Å². The van der Waals surface area contributed by atoms with Gasteiger partial charge in [0, 0.05) is 32.1 Å². The molecule has 0 amide bonds. The van der Waals surface area contributed by atoms with Crippen LogP contribution in [0.3, 0.4) is 0 Å². The number of hydrogen-bond donors (Lipinski definition) is 2. The zero-order valence-electron chi connectivity index (χ0n) is 10.1. The summed E-state index contributed by atoms with van der Waals surface area (Å²) >= 11 is 6.22. The van der Waals surface area contributed by atoms with Gasteiger partial charge in [0.25, 0.3) is 0 Å². The Labute approximate surface area is 111 Å². The summed E-state index contributed by atoms with van der Waals surface area (Å²) < 4.78 is 5.88. The number of para-hydroxylation sites is 1. The smallest absolute Gasteiger partial charge is 0.161 e. The van der Waals surface area contributed by atoms with E-state index in [0.29, 0.717) is 16.8 Å². The quantitative estimate of drug-likeness (QED) is 0.805. The molecule has 0 bridgehead atoms. The van der Waals surface area contributed by atoms with Crippen molar-refractivity contribution in [3.63, 3.8) is 0 Å². The van der Waals surface area contributed by atoms with Gasteiger partial charge in [-0.05, 0) is 12.1 Å². The molecule has 2 aliphatic rings. The van der Waals surface area contributed by atoms with Crippen molar-refractivity contribution < 1.29 is 9.84 Å². The Morgan fingerprint density at radius 2 is 2.39 bits per heavy atom. The molecule has 1 fully saturated rings.